The van der Waals surface area contributed by atoms with E-state index in [1.54, 1.807) is 16.9 Å². The van der Waals surface area contributed by atoms with Crippen LogP contribution in [0.3, 0.4) is 0 Å². The lowest BCUT2D eigenvalue weighted by atomic mass is 9.93. The Morgan fingerprint density at radius 3 is 2.79 bits per heavy atom. The predicted molar refractivity (Wildman–Crippen MR) is 148 cm³/mol. The van der Waals surface area contributed by atoms with Crippen LogP contribution in [0.15, 0.2) is 84.1 Å². The number of piperidine rings is 1. The van der Waals surface area contributed by atoms with E-state index < -0.39 is 0 Å². The van der Waals surface area contributed by atoms with Crippen molar-refractivity contribution in [1.29, 1.82) is 0 Å². The molecule has 1 aliphatic rings. The first-order valence-electron chi connectivity index (χ1n) is 12.7. The summed E-state index contributed by atoms with van der Waals surface area (Å²) in [5.41, 5.74) is 3.35. The average Bonchev–Trinajstić information content (AvgIpc) is 3.40. The fourth-order valence-electron chi connectivity index (χ4n) is 5.13. The second-order valence-electron chi connectivity index (χ2n) is 9.64. The van der Waals surface area contributed by atoms with Gasteiger partial charge in [-0.25, -0.2) is 4.98 Å². The number of rotatable bonds is 7. The van der Waals surface area contributed by atoms with Gasteiger partial charge >= 0.3 is 0 Å². The fraction of sp³-hybridized carbons (Fsp3) is 0.241. The van der Waals surface area contributed by atoms with Crippen molar-refractivity contribution in [2.75, 3.05) is 18.4 Å². The molecule has 9 heteroatoms. The van der Waals surface area contributed by atoms with Crippen LogP contribution in [0.2, 0.25) is 0 Å². The first-order chi connectivity index (χ1) is 18.7. The normalized spacial score (nSPS) is 15.7. The van der Waals surface area contributed by atoms with Crippen LogP contribution in [0.25, 0.3) is 16.4 Å². The zero-order valence-corrected chi connectivity index (χ0v) is 21.6. The zero-order chi connectivity index (χ0) is 25.9. The summed E-state index contributed by atoms with van der Waals surface area (Å²) in [6, 6.07) is 20.2. The first kappa shape index (κ1) is 24.4. The Labute approximate surface area is 224 Å². The minimum Gasteiger partial charge on any atom is -0.366 e. The summed E-state index contributed by atoms with van der Waals surface area (Å²) in [4.78, 5) is 24.6. The van der Waals surface area contributed by atoms with Gasteiger partial charge in [0.05, 0.1) is 30.5 Å². The second kappa shape index (κ2) is 10.8. The molecule has 0 saturated carbocycles. The number of amides is 1. The van der Waals surface area contributed by atoms with Crippen molar-refractivity contribution in [2.24, 2.45) is 0 Å². The van der Waals surface area contributed by atoms with Gasteiger partial charge in [0.2, 0.25) is 5.91 Å². The highest BCUT2D eigenvalue weighted by Crippen LogP contribution is 2.31. The van der Waals surface area contributed by atoms with E-state index in [2.05, 4.69) is 39.7 Å². The molecule has 7 nitrogen and oxygen atoms in total. The Balaban J connectivity index is 1.22. The lowest BCUT2D eigenvalue weighted by Crippen LogP contribution is -2.40. The van der Waals surface area contributed by atoms with Crippen molar-refractivity contribution < 1.29 is 8.68 Å². The maximum atomic E-state index is 13.7. The minimum absolute atomic E-state index is 0.0561. The average molecular weight is 527 g/mol. The Kier molecular flexibility index (Phi) is 6.92. The molecule has 1 saturated heterocycles. The number of pyridine rings is 1. The topological polar surface area (TPSA) is 75.4 Å². The van der Waals surface area contributed by atoms with Gasteiger partial charge in [-0.1, -0.05) is 48.5 Å². The van der Waals surface area contributed by atoms with E-state index in [0.29, 0.717) is 30.1 Å². The lowest BCUT2D eigenvalue weighted by Gasteiger charge is -2.33. The van der Waals surface area contributed by atoms with Crippen LogP contribution in [0, 0.1) is 0 Å². The number of aromatic nitrogens is 4. The molecule has 2 aromatic carbocycles. The number of halogens is 1. The molecule has 4 heterocycles. The van der Waals surface area contributed by atoms with Gasteiger partial charge in [0, 0.05) is 44.0 Å². The molecule has 1 fully saturated rings. The van der Waals surface area contributed by atoms with Gasteiger partial charge in [-0.2, -0.15) is 13.5 Å². The van der Waals surface area contributed by atoms with Gasteiger partial charge < -0.3 is 10.2 Å². The van der Waals surface area contributed by atoms with E-state index in [1.165, 1.54) is 11.6 Å². The number of hydrogen-bond acceptors (Lipinski definition) is 6. The largest absolute Gasteiger partial charge is 0.366 e. The lowest BCUT2D eigenvalue weighted by molar-refractivity contribution is -0.131. The van der Waals surface area contributed by atoms with Crippen LogP contribution < -0.4 is 5.32 Å². The fourth-order valence-corrected chi connectivity index (χ4v) is 5.41. The molecule has 5 aromatic rings. The van der Waals surface area contributed by atoms with Crippen LogP contribution >= 0.6 is 12.1 Å². The summed E-state index contributed by atoms with van der Waals surface area (Å²) in [6.45, 7) is 1.87. The van der Waals surface area contributed by atoms with Gasteiger partial charge in [-0.15, -0.1) is 0 Å². The summed E-state index contributed by atoms with van der Waals surface area (Å²) >= 11 is 0.143. The highest BCUT2D eigenvalue weighted by molar-refractivity contribution is 7.94. The monoisotopic (exact) mass is 526 g/mol. The van der Waals surface area contributed by atoms with Crippen molar-refractivity contribution in [2.45, 2.75) is 36.6 Å². The van der Waals surface area contributed by atoms with E-state index in [0.717, 1.165) is 47.4 Å². The predicted octanol–water partition coefficient (Wildman–Crippen LogP) is 5.81. The molecule has 1 amide bonds. The highest BCUT2D eigenvalue weighted by atomic mass is 32.2. The summed E-state index contributed by atoms with van der Waals surface area (Å²) in [7, 11) is 0. The maximum absolute atomic E-state index is 13.7. The van der Waals surface area contributed by atoms with Gasteiger partial charge in [-0.05, 0) is 40.8 Å². The number of carbonyl (C=O) groups excluding carboxylic acids is 1. The van der Waals surface area contributed by atoms with Crippen molar-refractivity contribution in [3.8, 4) is 0 Å². The molecular formula is C29H27FN6OS. The minimum atomic E-state index is 0.0561. The number of nitrogens with zero attached hydrogens (tertiary/aromatic N) is 5. The number of carbonyl (C=O) groups is 1. The van der Waals surface area contributed by atoms with Crippen molar-refractivity contribution >= 4 is 40.3 Å². The van der Waals surface area contributed by atoms with Gasteiger partial charge in [0.15, 0.2) is 5.65 Å². The number of fused-ring (bicyclic) bond motifs is 2. The smallest absolute Gasteiger partial charge is 0.227 e. The van der Waals surface area contributed by atoms with E-state index in [1.807, 2.05) is 41.3 Å². The van der Waals surface area contributed by atoms with Crippen LogP contribution in [-0.4, -0.2) is 43.5 Å². The van der Waals surface area contributed by atoms with Crippen molar-refractivity contribution in [3.63, 3.8) is 0 Å². The molecule has 6 rings (SSSR count). The maximum Gasteiger partial charge on any atom is 0.227 e. The van der Waals surface area contributed by atoms with E-state index in [-0.39, 0.29) is 24.0 Å². The Bertz CT molecular complexity index is 1590. The van der Waals surface area contributed by atoms with Gasteiger partial charge in [0.25, 0.3) is 0 Å². The number of hydrogen-bond donors (Lipinski definition) is 1. The van der Waals surface area contributed by atoms with Gasteiger partial charge in [0.1, 0.15) is 10.7 Å². The molecule has 0 radical (unpaired) electrons. The zero-order valence-electron chi connectivity index (χ0n) is 20.8. The van der Waals surface area contributed by atoms with Crippen LogP contribution in [0.1, 0.15) is 35.6 Å². The molecule has 1 aliphatic heterocycles. The number of likely N-dealkylation sites (tertiary alicyclic amines) is 1. The molecule has 3 aromatic heterocycles. The molecule has 0 aliphatic carbocycles. The summed E-state index contributed by atoms with van der Waals surface area (Å²) in [6.07, 6.45) is 7.21. The first-order valence-corrected chi connectivity index (χ1v) is 13.4. The molecule has 192 valence electrons. The van der Waals surface area contributed by atoms with Crippen LogP contribution in [-0.2, 0) is 17.8 Å². The number of benzene rings is 2. The molecule has 1 atom stereocenters. The Morgan fingerprint density at radius 1 is 1.05 bits per heavy atom. The van der Waals surface area contributed by atoms with Gasteiger partial charge in [-0.3, -0.25) is 9.78 Å². The SMILES string of the molecule is O=C(Cc1ccc2ccccc2c1)N1CCCC(c2cc(NCc3cccnc3)n3ncc(SF)c3n2)C1. The van der Waals surface area contributed by atoms with E-state index in [4.69, 9.17) is 4.98 Å². The molecular weight excluding hydrogens is 499 g/mol. The van der Waals surface area contributed by atoms with Crippen LogP contribution in [0.5, 0.6) is 0 Å². The third-order valence-electron chi connectivity index (χ3n) is 7.10. The standard InChI is InChI=1S/C29H27FN6OS/c30-38-26-18-33-36-27(32-17-21-5-3-11-31-16-21)15-25(34-29(26)36)24-8-4-12-35(19-24)28(37)14-20-9-10-22-6-1-2-7-23(22)13-20/h1-3,5-7,9-11,13,15-16,18,24,32H,4,8,12,14,17,19H2. The molecule has 1 N–H and O–H groups in total. The van der Waals surface area contributed by atoms with Crippen molar-refractivity contribution in [1.82, 2.24) is 24.5 Å². The third-order valence-corrected chi connectivity index (χ3v) is 7.55. The van der Waals surface area contributed by atoms with E-state index in [9.17, 15) is 8.68 Å². The molecule has 0 bridgehead atoms. The van der Waals surface area contributed by atoms with Crippen LogP contribution in [0.4, 0.5) is 9.70 Å². The summed E-state index contributed by atoms with van der Waals surface area (Å²) in [5.74, 6) is 0.903. The second-order valence-corrected chi connectivity index (χ2v) is 10.2. The summed E-state index contributed by atoms with van der Waals surface area (Å²) < 4.78 is 15.3. The number of anilines is 1. The Hall–Kier alpha value is -3.98. The molecule has 1 unspecified atom stereocenters. The highest BCUT2D eigenvalue weighted by Gasteiger charge is 2.27. The number of nitrogens with one attached hydrogen (secondary N) is 1. The molecule has 38 heavy (non-hydrogen) atoms. The molecule has 0 spiro atoms. The quantitative estimate of drug-likeness (QED) is 0.288. The third kappa shape index (κ3) is 5.06. The van der Waals surface area contributed by atoms with E-state index >= 15 is 0 Å². The van der Waals surface area contributed by atoms with Crippen molar-refractivity contribution in [3.05, 3.63) is 96.1 Å². The summed E-state index contributed by atoms with van der Waals surface area (Å²) in [5, 5.41) is 10.1. The Morgan fingerprint density at radius 2 is 1.95 bits per heavy atom.